The van der Waals surface area contributed by atoms with E-state index < -0.39 is 0 Å². The van der Waals surface area contributed by atoms with Gasteiger partial charge in [-0.25, -0.2) is 4.99 Å². The summed E-state index contributed by atoms with van der Waals surface area (Å²) >= 11 is 11.6. The first-order valence-corrected chi connectivity index (χ1v) is 5.05. The standard InChI is InChI=1S/C10H12Cl2N2/c1-6(2)10(13)14-9-4-7(11)3-8(12)5-9/h3-6H,1-2H3,(H2,13,14). The van der Waals surface area contributed by atoms with E-state index >= 15 is 0 Å². The third kappa shape index (κ3) is 3.20. The Bertz CT molecular complexity index is 339. The third-order valence-corrected chi connectivity index (χ3v) is 2.13. The summed E-state index contributed by atoms with van der Waals surface area (Å²) in [5.74, 6) is 0.788. The van der Waals surface area contributed by atoms with Gasteiger partial charge in [0.25, 0.3) is 0 Å². The van der Waals surface area contributed by atoms with Crippen molar-refractivity contribution in [3.05, 3.63) is 28.2 Å². The Labute approximate surface area is 93.7 Å². The highest BCUT2D eigenvalue weighted by atomic mass is 35.5. The lowest BCUT2D eigenvalue weighted by Crippen LogP contribution is -2.17. The average molecular weight is 231 g/mol. The van der Waals surface area contributed by atoms with E-state index in [9.17, 15) is 0 Å². The van der Waals surface area contributed by atoms with E-state index in [2.05, 4.69) is 4.99 Å². The summed E-state index contributed by atoms with van der Waals surface area (Å²) in [5.41, 5.74) is 6.40. The Hall–Kier alpha value is -0.730. The van der Waals surface area contributed by atoms with E-state index in [1.807, 2.05) is 13.8 Å². The van der Waals surface area contributed by atoms with Gasteiger partial charge in [0.1, 0.15) is 5.84 Å². The number of hydrogen-bond acceptors (Lipinski definition) is 1. The zero-order valence-corrected chi connectivity index (χ0v) is 9.60. The number of aliphatic imine (C=N–C) groups is 1. The van der Waals surface area contributed by atoms with Gasteiger partial charge in [0.05, 0.1) is 5.69 Å². The maximum Gasteiger partial charge on any atom is 0.102 e. The summed E-state index contributed by atoms with van der Waals surface area (Å²) in [4.78, 5) is 4.21. The van der Waals surface area contributed by atoms with Crippen molar-refractivity contribution >= 4 is 34.7 Å². The first-order valence-electron chi connectivity index (χ1n) is 4.29. The number of amidine groups is 1. The van der Waals surface area contributed by atoms with Crippen molar-refractivity contribution in [3.8, 4) is 0 Å². The zero-order chi connectivity index (χ0) is 10.7. The van der Waals surface area contributed by atoms with Crippen LogP contribution in [0.25, 0.3) is 0 Å². The third-order valence-electron chi connectivity index (χ3n) is 1.70. The van der Waals surface area contributed by atoms with E-state index in [-0.39, 0.29) is 5.92 Å². The van der Waals surface area contributed by atoms with Crippen molar-refractivity contribution in [1.82, 2.24) is 0 Å². The highest BCUT2D eigenvalue weighted by Gasteiger charge is 2.01. The van der Waals surface area contributed by atoms with Crippen LogP contribution in [-0.4, -0.2) is 5.84 Å². The molecule has 14 heavy (non-hydrogen) atoms. The molecule has 0 radical (unpaired) electrons. The van der Waals surface area contributed by atoms with E-state index in [0.717, 1.165) is 0 Å². The van der Waals surface area contributed by atoms with Crippen LogP contribution in [0.5, 0.6) is 0 Å². The lowest BCUT2D eigenvalue weighted by molar-refractivity contribution is 0.873. The minimum absolute atomic E-state index is 0.216. The summed E-state index contributed by atoms with van der Waals surface area (Å²) in [5, 5.41) is 1.13. The Morgan fingerprint density at radius 2 is 1.71 bits per heavy atom. The molecule has 0 unspecified atom stereocenters. The molecule has 76 valence electrons. The Morgan fingerprint density at radius 1 is 1.21 bits per heavy atom. The fourth-order valence-electron chi connectivity index (χ4n) is 0.882. The van der Waals surface area contributed by atoms with Crippen LogP contribution in [0.3, 0.4) is 0 Å². The summed E-state index contributed by atoms with van der Waals surface area (Å²) in [6.07, 6.45) is 0. The fraction of sp³-hybridized carbons (Fsp3) is 0.300. The van der Waals surface area contributed by atoms with Crippen molar-refractivity contribution < 1.29 is 0 Å². The number of nitrogens with two attached hydrogens (primary N) is 1. The summed E-state index contributed by atoms with van der Waals surface area (Å²) in [7, 11) is 0. The molecular formula is C10H12Cl2N2. The number of benzene rings is 1. The van der Waals surface area contributed by atoms with Crippen LogP contribution in [0.4, 0.5) is 5.69 Å². The van der Waals surface area contributed by atoms with Crippen LogP contribution in [-0.2, 0) is 0 Å². The van der Waals surface area contributed by atoms with Crippen LogP contribution < -0.4 is 5.73 Å². The first-order chi connectivity index (χ1) is 6.49. The molecule has 1 rings (SSSR count). The van der Waals surface area contributed by atoms with Gasteiger partial charge in [0, 0.05) is 16.0 Å². The van der Waals surface area contributed by atoms with E-state index in [4.69, 9.17) is 28.9 Å². The maximum absolute atomic E-state index is 5.82. The van der Waals surface area contributed by atoms with Crippen molar-refractivity contribution in [3.63, 3.8) is 0 Å². The van der Waals surface area contributed by atoms with Crippen molar-refractivity contribution in [2.24, 2.45) is 16.6 Å². The van der Waals surface area contributed by atoms with Gasteiger partial charge in [-0.2, -0.15) is 0 Å². The smallest absolute Gasteiger partial charge is 0.102 e. The molecule has 0 aromatic heterocycles. The van der Waals surface area contributed by atoms with Crippen LogP contribution in [0.2, 0.25) is 10.0 Å². The zero-order valence-electron chi connectivity index (χ0n) is 8.09. The van der Waals surface area contributed by atoms with Crippen LogP contribution in [0, 0.1) is 5.92 Å². The Kier molecular flexibility index (Phi) is 3.78. The molecule has 4 heteroatoms. The molecule has 0 aliphatic carbocycles. The summed E-state index contributed by atoms with van der Waals surface area (Å²) in [6.45, 7) is 3.95. The molecule has 1 aromatic rings. The van der Waals surface area contributed by atoms with Gasteiger partial charge in [-0.05, 0) is 18.2 Å². The van der Waals surface area contributed by atoms with E-state index in [1.165, 1.54) is 0 Å². The molecular weight excluding hydrogens is 219 g/mol. The van der Waals surface area contributed by atoms with Crippen molar-refractivity contribution in [2.75, 3.05) is 0 Å². The largest absolute Gasteiger partial charge is 0.387 e. The lowest BCUT2D eigenvalue weighted by atomic mass is 10.2. The second kappa shape index (κ2) is 4.67. The second-order valence-electron chi connectivity index (χ2n) is 3.32. The quantitative estimate of drug-likeness (QED) is 0.612. The van der Waals surface area contributed by atoms with Gasteiger partial charge in [-0.3, -0.25) is 0 Å². The number of rotatable bonds is 2. The minimum Gasteiger partial charge on any atom is -0.387 e. The number of hydrogen-bond donors (Lipinski definition) is 1. The SMILES string of the molecule is CC(C)C(N)=Nc1cc(Cl)cc(Cl)c1. The first kappa shape index (κ1) is 11.3. The van der Waals surface area contributed by atoms with Crippen LogP contribution in [0.1, 0.15) is 13.8 Å². The molecule has 0 amide bonds. The van der Waals surface area contributed by atoms with Gasteiger partial charge in [-0.1, -0.05) is 37.0 Å². The monoisotopic (exact) mass is 230 g/mol. The molecule has 0 bridgehead atoms. The number of nitrogens with zero attached hydrogens (tertiary/aromatic N) is 1. The molecule has 1 aromatic carbocycles. The molecule has 0 fully saturated rings. The van der Waals surface area contributed by atoms with Gasteiger partial charge in [0.2, 0.25) is 0 Å². The fourth-order valence-corrected chi connectivity index (χ4v) is 1.40. The van der Waals surface area contributed by atoms with E-state index in [0.29, 0.717) is 21.6 Å². The molecule has 0 saturated heterocycles. The predicted octanol–water partition coefficient (Wildman–Crippen LogP) is 3.64. The molecule has 0 spiro atoms. The molecule has 0 saturated carbocycles. The molecule has 0 atom stereocenters. The van der Waals surface area contributed by atoms with Crippen LogP contribution in [0.15, 0.2) is 23.2 Å². The molecule has 0 aliphatic rings. The molecule has 0 aliphatic heterocycles. The van der Waals surface area contributed by atoms with E-state index in [1.54, 1.807) is 18.2 Å². The maximum atomic E-state index is 5.82. The van der Waals surface area contributed by atoms with Crippen molar-refractivity contribution in [2.45, 2.75) is 13.8 Å². The average Bonchev–Trinajstić information content (AvgIpc) is 2.01. The minimum atomic E-state index is 0.216. The molecule has 2 nitrogen and oxygen atoms in total. The van der Waals surface area contributed by atoms with Gasteiger partial charge in [-0.15, -0.1) is 0 Å². The molecule has 0 heterocycles. The van der Waals surface area contributed by atoms with Gasteiger partial charge in [0.15, 0.2) is 0 Å². The Balaban J connectivity index is 3.02. The highest BCUT2D eigenvalue weighted by molar-refractivity contribution is 6.35. The van der Waals surface area contributed by atoms with Crippen molar-refractivity contribution in [1.29, 1.82) is 0 Å². The number of halogens is 2. The topological polar surface area (TPSA) is 38.4 Å². The second-order valence-corrected chi connectivity index (χ2v) is 4.19. The Morgan fingerprint density at radius 3 is 2.14 bits per heavy atom. The van der Waals surface area contributed by atoms with Gasteiger partial charge < -0.3 is 5.73 Å². The summed E-state index contributed by atoms with van der Waals surface area (Å²) < 4.78 is 0. The predicted molar refractivity (Wildman–Crippen MR) is 62.6 cm³/mol. The normalized spacial score (nSPS) is 12.2. The molecule has 2 N–H and O–H groups in total. The van der Waals surface area contributed by atoms with Gasteiger partial charge >= 0.3 is 0 Å². The lowest BCUT2D eigenvalue weighted by Gasteiger charge is -2.04. The van der Waals surface area contributed by atoms with Crippen LogP contribution >= 0.6 is 23.2 Å². The highest BCUT2D eigenvalue weighted by Crippen LogP contribution is 2.24. The summed E-state index contributed by atoms with van der Waals surface area (Å²) in [6, 6.07) is 5.11.